The van der Waals surface area contributed by atoms with E-state index in [-0.39, 0.29) is 24.0 Å². The number of fused-ring (bicyclic) bond motifs is 1. The molecule has 0 saturated heterocycles. The maximum Gasteiger partial charge on any atom is 0.336 e. The Labute approximate surface area is 175 Å². The summed E-state index contributed by atoms with van der Waals surface area (Å²) in [7, 11) is 0. The van der Waals surface area contributed by atoms with Crippen LogP contribution in [0.3, 0.4) is 0 Å². The van der Waals surface area contributed by atoms with Crippen LogP contribution < -0.4 is 16.7 Å². The van der Waals surface area contributed by atoms with Crippen LogP contribution in [0.2, 0.25) is 0 Å². The molecule has 1 aromatic heterocycles. The van der Waals surface area contributed by atoms with E-state index in [0.717, 1.165) is 37.1 Å². The van der Waals surface area contributed by atoms with Gasteiger partial charge in [-0.15, -0.1) is 0 Å². The van der Waals surface area contributed by atoms with E-state index in [2.05, 4.69) is 12.2 Å². The molecule has 1 saturated carbocycles. The fraction of sp³-hybridized carbons (Fsp3) is 0.500. The van der Waals surface area contributed by atoms with Crippen molar-refractivity contribution in [2.45, 2.75) is 58.6 Å². The van der Waals surface area contributed by atoms with Crippen LogP contribution in [0.25, 0.3) is 11.0 Å². The largest absolute Gasteiger partial charge is 0.481 e. The molecule has 3 rings (SSSR count). The van der Waals surface area contributed by atoms with Gasteiger partial charge in [0, 0.05) is 48.7 Å². The Hall–Kier alpha value is -2.71. The van der Waals surface area contributed by atoms with Crippen molar-refractivity contribution in [2.75, 3.05) is 11.9 Å². The Morgan fingerprint density at radius 1 is 1.30 bits per heavy atom. The van der Waals surface area contributed by atoms with Gasteiger partial charge in [-0.3, -0.25) is 9.59 Å². The van der Waals surface area contributed by atoms with E-state index < -0.39 is 11.6 Å². The molecular weight excluding hydrogens is 388 g/mol. The first kappa shape index (κ1) is 23.6. The highest BCUT2D eigenvalue weighted by Crippen LogP contribution is 2.28. The SMILES string of the molecule is CC(=O)O.CCCO[C@@H]1C[C@@H](C(=O)Nc2ccc3c(C)cc(=O)oc3c2)CC[C@H]1N. The summed E-state index contributed by atoms with van der Waals surface area (Å²) in [5.74, 6) is -1.01. The average Bonchev–Trinajstić information content (AvgIpc) is 2.66. The predicted octanol–water partition coefficient (Wildman–Crippen LogP) is 3.05. The third kappa shape index (κ3) is 6.67. The first-order chi connectivity index (χ1) is 14.2. The van der Waals surface area contributed by atoms with Crippen molar-refractivity contribution in [3.8, 4) is 0 Å². The van der Waals surface area contributed by atoms with Crippen LogP contribution in [-0.4, -0.2) is 35.7 Å². The molecule has 1 aromatic carbocycles. The summed E-state index contributed by atoms with van der Waals surface area (Å²) < 4.78 is 11.0. The summed E-state index contributed by atoms with van der Waals surface area (Å²) in [6.07, 6.45) is 3.02. The first-order valence-electron chi connectivity index (χ1n) is 10.1. The highest BCUT2D eigenvalue weighted by Gasteiger charge is 2.32. The number of nitrogens with one attached hydrogen (secondary N) is 1. The van der Waals surface area contributed by atoms with E-state index in [1.54, 1.807) is 6.07 Å². The molecule has 1 fully saturated rings. The quantitative estimate of drug-likeness (QED) is 0.636. The van der Waals surface area contributed by atoms with Gasteiger partial charge >= 0.3 is 5.63 Å². The number of aryl methyl sites for hydroxylation is 1. The summed E-state index contributed by atoms with van der Waals surface area (Å²) in [4.78, 5) is 33.2. The zero-order valence-corrected chi connectivity index (χ0v) is 17.6. The van der Waals surface area contributed by atoms with Crippen LogP contribution in [0, 0.1) is 12.8 Å². The van der Waals surface area contributed by atoms with Crippen LogP contribution in [0.4, 0.5) is 5.69 Å². The lowest BCUT2D eigenvalue weighted by atomic mass is 9.83. The van der Waals surface area contributed by atoms with E-state index in [0.29, 0.717) is 24.3 Å². The number of carboxylic acids is 1. The molecule has 3 atom stereocenters. The maximum atomic E-state index is 12.7. The molecular formula is C22H30N2O6. The van der Waals surface area contributed by atoms with Gasteiger partial charge in [0.2, 0.25) is 5.91 Å². The number of aliphatic carboxylic acids is 1. The van der Waals surface area contributed by atoms with Crippen molar-refractivity contribution in [3.63, 3.8) is 0 Å². The van der Waals surface area contributed by atoms with Gasteiger partial charge in [-0.05, 0) is 50.3 Å². The van der Waals surface area contributed by atoms with Crippen LogP contribution >= 0.6 is 0 Å². The minimum atomic E-state index is -0.833. The molecule has 1 aliphatic carbocycles. The standard InChI is InChI=1S/C20H26N2O4.C2H4O2/c1-3-8-25-18-10-13(4-7-16(18)21)20(24)22-14-5-6-15-12(2)9-19(23)26-17(15)11-14;1-2(3)4/h5-6,9,11,13,16,18H,3-4,7-8,10,21H2,1-2H3,(H,22,24);1H3,(H,3,4)/t13-,16+,18+;/m0./s1. The summed E-state index contributed by atoms with van der Waals surface area (Å²) in [5.41, 5.74) is 7.68. The summed E-state index contributed by atoms with van der Waals surface area (Å²) >= 11 is 0. The van der Waals surface area contributed by atoms with Crippen molar-refractivity contribution in [2.24, 2.45) is 11.7 Å². The summed E-state index contributed by atoms with van der Waals surface area (Å²) in [5, 5.41) is 11.2. The second kappa shape index (κ2) is 10.9. The number of anilines is 1. The fourth-order valence-corrected chi connectivity index (χ4v) is 3.50. The molecule has 8 heteroatoms. The zero-order valence-electron chi connectivity index (χ0n) is 17.6. The Balaban J connectivity index is 0.000000735. The van der Waals surface area contributed by atoms with E-state index >= 15 is 0 Å². The fourth-order valence-electron chi connectivity index (χ4n) is 3.50. The Morgan fingerprint density at radius 2 is 2.00 bits per heavy atom. The number of carboxylic acid groups (broad SMARTS) is 1. The van der Waals surface area contributed by atoms with Gasteiger partial charge in [-0.25, -0.2) is 4.79 Å². The highest BCUT2D eigenvalue weighted by atomic mass is 16.5. The highest BCUT2D eigenvalue weighted by molar-refractivity contribution is 5.95. The third-order valence-corrected chi connectivity index (χ3v) is 4.97. The van der Waals surface area contributed by atoms with E-state index in [1.807, 2.05) is 19.1 Å². The smallest absolute Gasteiger partial charge is 0.336 e. The second-order valence-electron chi connectivity index (χ2n) is 7.55. The van der Waals surface area contributed by atoms with Gasteiger partial charge in [-0.1, -0.05) is 6.92 Å². The van der Waals surface area contributed by atoms with Crippen molar-refractivity contribution < 1.29 is 23.8 Å². The maximum absolute atomic E-state index is 12.7. The molecule has 2 aromatic rings. The number of carbonyl (C=O) groups is 2. The number of nitrogens with two attached hydrogens (primary N) is 1. The number of benzene rings is 1. The third-order valence-electron chi connectivity index (χ3n) is 4.97. The lowest BCUT2D eigenvalue weighted by Gasteiger charge is -2.33. The van der Waals surface area contributed by atoms with Crippen LogP contribution in [0.1, 0.15) is 45.1 Å². The monoisotopic (exact) mass is 418 g/mol. The van der Waals surface area contributed by atoms with Crippen LogP contribution in [-0.2, 0) is 14.3 Å². The van der Waals surface area contributed by atoms with Gasteiger partial charge in [0.15, 0.2) is 0 Å². The van der Waals surface area contributed by atoms with Crippen molar-refractivity contribution in [1.29, 1.82) is 0 Å². The second-order valence-corrected chi connectivity index (χ2v) is 7.55. The lowest BCUT2D eigenvalue weighted by Crippen LogP contribution is -2.44. The van der Waals surface area contributed by atoms with Crippen LogP contribution in [0.15, 0.2) is 33.5 Å². The Kier molecular flexibility index (Phi) is 8.56. The lowest BCUT2D eigenvalue weighted by molar-refractivity contribution is -0.134. The molecule has 164 valence electrons. The zero-order chi connectivity index (χ0) is 22.3. The van der Waals surface area contributed by atoms with E-state index in [9.17, 15) is 9.59 Å². The van der Waals surface area contributed by atoms with Crippen molar-refractivity contribution >= 4 is 28.5 Å². The number of carbonyl (C=O) groups excluding carboxylic acids is 1. The molecule has 1 aliphatic rings. The normalized spacial score (nSPS) is 20.9. The van der Waals surface area contributed by atoms with E-state index in [4.69, 9.17) is 24.8 Å². The Bertz CT molecular complexity index is 935. The molecule has 0 radical (unpaired) electrons. The van der Waals surface area contributed by atoms with Gasteiger partial charge in [0.1, 0.15) is 5.58 Å². The average molecular weight is 418 g/mol. The minimum Gasteiger partial charge on any atom is -0.481 e. The molecule has 0 unspecified atom stereocenters. The number of amides is 1. The molecule has 8 nitrogen and oxygen atoms in total. The number of rotatable bonds is 5. The predicted molar refractivity (Wildman–Crippen MR) is 115 cm³/mol. The van der Waals surface area contributed by atoms with Crippen molar-refractivity contribution in [1.82, 2.24) is 0 Å². The molecule has 4 N–H and O–H groups in total. The molecule has 0 bridgehead atoms. The van der Waals surface area contributed by atoms with E-state index in [1.165, 1.54) is 6.07 Å². The summed E-state index contributed by atoms with van der Waals surface area (Å²) in [6, 6.07) is 6.83. The van der Waals surface area contributed by atoms with Gasteiger partial charge < -0.3 is 25.3 Å². The van der Waals surface area contributed by atoms with Gasteiger partial charge in [0.25, 0.3) is 5.97 Å². The first-order valence-corrected chi connectivity index (χ1v) is 10.1. The topological polar surface area (TPSA) is 132 Å². The summed E-state index contributed by atoms with van der Waals surface area (Å²) in [6.45, 7) is 5.66. The minimum absolute atomic E-state index is 0.0106. The van der Waals surface area contributed by atoms with Gasteiger partial charge in [-0.2, -0.15) is 0 Å². The van der Waals surface area contributed by atoms with Crippen LogP contribution in [0.5, 0.6) is 0 Å². The van der Waals surface area contributed by atoms with Gasteiger partial charge in [0.05, 0.1) is 6.10 Å². The number of ether oxygens (including phenoxy) is 1. The number of hydrogen-bond acceptors (Lipinski definition) is 6. The molecule has 1 heterocycles. The Morgan fingerprint density at radius 3 is 2.67 bits per heavy atom. The number of hydrogen-bond donors (Lipinski definition) is 3. The molecule has 0 spiro atoms. The molecule has 1 amide bonds. The molecule has 30 heavy (non-hydrogen) atoms. The molecule has 0 aliphatic heterocycles. The van der Waals surface area contributed by atoms with Crippen molar-refractivity contribution in [3.05, 3.63) is 40.2 Å².